The Morgan fingerprint density at radius 1 is 1.10 bits per heavy atom. The molecule has 2 aromatic carbocycles. The van der Waals surface area contributed by atoms with E-state index in [0.717, 1.165) is 6.07 Å². The van der Waals surface area contributed by atoms with Crippen molar-refractivity contribution in [2.45, 2.75) is 13.5 Å². The first-order valence-electron chi connectivity index (χ1n) is 12.3. The fraction of sp³-hybridized carbons (Fsp3) is 0.222. The molecule has 0 radical (unpaired) electrons. The van der Waals surface area contributed by atoms with E-state index in [2.05, 4.69) is 20.9 Å². The van der Waals surface area contributed by atoms with Gasteiger partial charge in [0.25, 0.3) is 15.7 Å². The van der Waals surface area contributed by atoms with Gasteiger partial charge in [0.15, 0.2) is 0 Å². The van der Waals surface area contributed by atoms with Crippen molar-refractivity contribution < 1.29 is 31.3 Å². The Balaban J connectivity index is 0.000000892. The Morgan fingerprint density at radius 2 is 1.76 bits per heavy atom. The molecule has 2 amide bonds. The van der Waals surface area contributed by atoms with E-state index in [1.165, 1.54) is 30.3 Å². The highest BCUT2D eigenvalue weighted by atomic mass is 35.5. The number of rotatable bonds is 8. The van der Waals surface area contributed by atoms with E-state index in [1.807, 2.05) is 6.92 Å². The van der Waals surface area contributed by atoms with Gasteiger partial charge in [0.1, 0.15) is 17.5 Å². The first-order chi connectivity index (χ1) is 19.8. The van der Waals surface area contributed by atoms with Gasteiger partial charge in [-0.15, -0.1) is 0 Å². The summed E-state index contributed by atoms with van der Waals surface area (Å²) in [5, 5.41) is 8.72. The predicted molar refractivity (Wildman–Crippen MR) is 159 cm³/mol. The molecular formula is C27H28ClF2N5O6S. The summed E-state index contributed by atoms with van der Waals surface area (Å²) in [6, 6.07) is 10.1. The van der Waals surface area contributed by atoms with Crippen molar-refractivity contribution in [2.75, 3.05) is 42.5 Å². The molecule has 2 heterocycles. The Bertz CT molecular complexity index is 1740. The van der Waals surface area contributed by atoms with Gasteiger partial charge in [-0.05, 0) is 49.4 Å². The molecule has 0 saturated carbocycles. The largest absolute Gasteiger partial charge is 0.383 e. The van der Waals surface area contributed by atoms with Crippen LogP contribution >= 0.6 is 11.6 Å². The number of pyridine rings is 2. The van der Waals surface area contributed by atoms with Crippen LogP contribution in [0.2, 0.25) is 5.02 Å². The van der Waals surface area contributed by atoms with E-state index >= 15 is 0 Å². The Hall–Kier alpha value is -4.11. The fourth-order valence-corrected chi connectivity index (χ4v) is 4.08. The zero-order valence-electron chi connectivity index (χ0n) is 22.7. The minimum absolute atomic E-state index is 0.00640. The monoisotopic (exact) mass is 623 g/mol. The minimum Gasteiger partial charge on any atom is -0.383 e. The van der Waals surface area contributed by atoms with Gasteiger partial charge in [-0.25, -0.2) is 18.6 Å². The van der Waals surface area contributed by atoms with Gasteiger partial charge >= 0.3 is 6.03 Å². The van der Waals surface area contributed by atoms with E-state index in [-0.39, 0.29) is 27.4 Å². The minimum atomic E-state index is -3.67. The first kappa shape index (κ1) is 32.4. The van der Waals surface area contributed by atoms with Crippen LogP contribution in [0.25, 0.3) is 22.0 Å². The highest BCUT2D eigenvalue weighted by molar-refractivity contribution is 7.85. The van der Waals surface area contributed by atoms with E-state index in [9.17, 15) is 26.8 Å². The number of aryl methyl sites for hydroxylation is 1. The average molecular weight is 624 g/mol. The molecule has 0 atom stereocenters. The number of nitrogens with one attached hydrogen (secondary N) is 3. The molecule has 0 bridgehead atoms. The summed E-state index contributed by atoms with van der Waals surface area (Å²) in [5.74, 6) is -0.647. The number of hydrogen-bond donors (Lipinski definition) is 4. The van der Waals surface area contributed by atoms with Gasteiger partial charge in [-0.1, -0.05) is 11.6 Å². The zero-order chi connectivity index (χ0) is 31.0. The molecule has 0 aliphatic heterocycles. The maximum absolute atomic E-state index is 14.7. The van der Waals surface area contributed by atoms with Crippen molar-refractivity contribution >= 4 is 55.8 Å². The number of anilines is 3. The number of nitrogens with zero attached hydrogens (tertiary/aromatic N) is 2. The van der Waals surface area contributed by atoms with Crippen LogP contribution in [-0.2, 0) is 21.4 Å². The lowest BCUT2D eigenvalue weighted by molar-refractivity contribution is 0.210. The molecule has 4 N–H and O–H groups in total. The summed E-state index contributed by atoms with van der Waals surface area (Å²) in [6.07, 6.45) is 2.35. The number of benzene rings is 2. The van der Waals surface area contributed by atoms with Gasteiger partial charge < -0.3 is 25.3 Å². The third-order valence-corrected chi connectivity index (χ3v) is 5.92. The number of hydrogen-bond acceptors (Lipinski definition) is 7. The van der Waals surface area contributed by atoms with E-state index in [1.54, 1.807) is 30.0 Å². The van der Waals surface area contributed by atoms with Crippen LogP contribution in [0.4, 0.5) is 30.8 Å². The molecular weight excluding hydrogens is 596 g/mol. The number of amides is 2. The van der Waals surface area contributed by atoms with E-state index in [4.69, 9.17) is 20.9 Å². The highest BCUT2D eigenvalue weighted by Crippen LogP contribution is 2.33. The summed E-state index contributed by atoms with van der Waals surface area (Å²) < 4.78 is 60.3. The van der Waals surface area contributed by atoms with Crippen molar-refractivity contribution in [3.05, 3.63) is 81.7 Å². The third kappa shape index (κ3) is 8.94. The van der Waals surface area contributed by atoms with Crippen LogP contribution in [0.3, 0.4) is 0 Å². The van der Waals surface area contributed by atoms with Gasteiger partial charge in [-0.2, -0.15) is 8.42 Å². The molecule has 42 heavy (non-hydrogen) atoms. The maximum Gasteiger partial charge on any atom is 0.323 e. The molecule has 0 saturated heterocycles. The Labute approximate surface area is 245 Å². The highest BCUT2D eigenvalue weighted by Gasteiger charge is 2.18. The normalized spacial score (nSPS) is 11.0. The number of urea groups is 1. The Morgan fingerprint density at radius 3 is 2.38 bits per heavy atom. The van der Waals surface area contributed by atoms with Crippen LogP contribution < -0.4 is 21.5 Å². The second-order valence-corrected chi connectivity index (χ2v) is 10.7. The third-order valence-electron chi connectivity index (χ3n) is 5.60. The molecule has 224 valence electrons. The molecule has 15 heteroatoms. The zero-order valence-corrected chi connectivity index (χ0v) is 24.3. The lowest BCUT2D eigenvalue weighted by atomic mass is 10.0. The number of ether oxygens (including phenoxy) is 1. The fourth-order valence-electron chi connectivity index (χ4n) is 3.83. The SMILES string of the molecule is CCn1c(=O)c(-c2cc(NC(=O)Nc3ccc(F)cc3)c(F)cc2Cl)cc2cnc(NCCOC)cc21.CS(=O)(=O)O. The topological polar surface area (TPSA) is 152 Å². The summed E-state index contributed by atoms with van der Waals surface area (Å²) in [4.78, 5) is 30.3. The van der Waals surface area contributed by atoms with Gasteiger partial charge in [0.05, 0.1) is 29.1 Å². The van der Waals surface area contributed by atoms with Crippen molar-refractivity contribution in [1.29, 1.82) is 0 Å². The molecule has 0 unspecified atom stereocenters. The maximum atomic E-state index is 14.7. The van der Waals surface area contributed by atoms with Crippen LogP contribution in [0, 0.1) is 11.6 Å². The molecule has 0 aliphatic carbocycles. The number of carbonyl (C=O) groups excluding carboxylic acids is 1. The average Bonchev–Trinajstić information content (AvgIpc) is 2.91. The van der Waals surface area contributed by atoms with Gasteiger partial charge in [-0.3, -0.25) is 9.35 Å². The van der Waals surface area contributed by atoms with Crippen LogP contribution in [-0.4, -0.2) is 55.1 Å². The molecule has 0 aliphatic rings. The lowest BCUT2D eigenvalue weighted by Gasteiger charge is -2.15. The second kappa shape index (κ2) is 14.2. The number of fused-ring (bicyclic) bond motifs is 1. The number of aromatic nitrogens is 2. The summed E-state index contributed by atoms with van der Waals surface area (Å²) >= 11 is 6.34. The number of halogens is 3. The smallest absolute Gasteiger partial charge is 0.323 e. The molecule has 4 aromatic rings. The summed E-state index contributed by atoms with van der Waals surface area (Å²) in [7, 11) is -2.06. The van der Waals surface area contributed by atoms with Crippen LogP contribution in [0.5, 0.6) is 0 Å². The quantitative estimate of drug-likeness (QED) is 0.154. The lowest BCUT2D eigenvalue weighted by Crippen LogP contribution is -2.22. The number of methoxy groups -OCH3 is 1. The van der Waals surface area contributed by atoms with Gasteiger partial charge in [0, 0.05) is 54.7 Å². The Kier molecular flexibility index (Phi) is 10.9. The predicted octanol–water partition coefficient (Wildman–Crippen LogP) is 5.22. The summed E-state index contributed by atoms with van der Waals surface area (Å²) in [6.45, 7) is 3.26. The van der Waals surface area contributed by atoms with Crippen LogP contribution in [0.1, 0.15) is 6.92 Å². The van der Waals surface area contributed by atoms with E-state index < -0.39 is 27.8 Å². The second-order valence-electron chi connectivity index (χ2n) is 8.79. The molecule has 2 aromatic heterocycles. The van der Waals surface area contributed by atoms with Crippen molar-refractivity contribution in [3.8, 4) is 11.1 Å². The van der Waals surface area contributed by atoms with E-state index in [0.29, 0.717) is 48.4 Å². The molecule has 4 rings (SSSR count). The van der Waals surface area contributed by atoms with Crippen molar-refractivity contribution in [1.82, 2.24) is 9.55 Å². The summed E-state index contributed by atoms with van der Waals surface area (Å²) in [5.41, 5.74) is 0.940. The molecule has 0 fully saturated rings. The molecule has 0 spiro atoms. The standard InChI is InChI=1S/C26H24ClF2N5O3.CH4O3S/c1-3-34-23-13-24(30-8-9-37-2)31-14-15(23)10-19(25(34)35)18-11-22(21(29)12-20(18)27)33-26(36)32-17-6-4-16(28)5-7-17;1-5(2,3)4/h4-7,10-14H,3,8-9H2,1-2H3,(H,30,31)(H2,32,33,36);1H3,(H,2,3,4). The van der Waals surface area contributed by atoms with Crippen molar-refractivity contribution in [3.63, 3.8) is 0 Å². The van der Waals surface area contributed by atoms with Gasteiger partial charge in [0.2, 0.25) is 0 Å². The first-order valence-corrected chi connectivity index (χ1v) is 14.5. The van der Waals surface area contributed by atoms with Crippen molar-refractivity contribution in [2.24, 2.45) is 0 Å². The van der Waals surface area contributed by atoms with Crippen LogP contribution in [0.15, 0.2) is 59.5 Å². The molecule has 11 nitrogen and oxygen atoms in total. The number of carbonyl (C=O) groups is 1.